The molecule has 0 heterocycles. The second kappa shape index (κ2) is 14.9. The second-order valence-corrected chi connectivity index (χ2v) is 5.00. The fourth-order valence-electron chi connectivity index (χ4n) is 0.847. The van der Waals surface area contributed by atoms with Crippen LogP contribution in [0.15, 0.2) is 0 Å². The summed E-state index contributed by atoms with van der Waals surface area (Å²) in [6.07, 6.45) is -0.570. The van der Waals surface area contributed by atoms with Crippen molar-refractivity contribution in [2.24, 2.45) is 0 Å². The van der Waals surface area contributed by atoms with Gasteiger partial charge in [0.15, 0.2) is 12.2 Å². The predicted octanol–water partition coefficient (Wildman–Crippen LogP) is 0.0759. The van der Waals surface area contributed by atoms with Crippen LogP contribution in [-0.2, 0) is 29.3 Å². The van der Waals surface area contributed by atoms with Gasteiger partial charge in [-0.3, -0.25) is 8.37 Å². The van der Waals surface area contributed by atoms with Gasteiger partial charge >= 0.3 is 23.3 Å². The Bertz CT molecular complexity index is 305. The topological polar surface area (TPSA) is 151 Å². The molecular formula is C12H24O9S. The molecule has 0 bridgehead atoms. The smallest absolute Gasteiger partial charge is 0.335 e. The highest BCUT2D eigenvalue weighted by molar-refractivity contribution is 7.75. The van der Waals surface area contributed by atoms with Gasteiger partial charge in [0.1, 0.15) is 0 Å². The van der Waals surface area contributed by atoms with E-state index in [0.29, 0.717) is 13.2 Å². The molecule has 10 heteroatoms. The normalized spacial score (nSPS) is 13.1. The van der Waals surface area contributed by atoms with E-state index in [9.17, 15) is 13.8 Å². The van der Waals surface area contributed by atoms with Crippen LogP contribution in [0, 0.1) is 0 Å². The third-order valence-corrected chi connectivity index (χ3v) is 2.88. The van der Waals surface area contributed by atoms with Gasteiger partial charge < -0.3 is 20.4 Å². The lowest BCUT2D eigenvalue weighted by Crippen LogP contribution is -2.39. The average Bonchev–Trinajstić information content (AvgIpc) is 2.46. The van der Waals surface area contributed by atoms with E-state index in [0.717, 1.165) is 25.7 Å². The summed E-state index contributed by atoms with van der Waals surface area (Å²) in [5, 5.41) is 32.5. The first-order valence-corrected chi connectivity index (χ1v) is 7.77. The highest BCUT2D eigenvalue weighted by Gasteiger charge is 2.29. The van der Waals surface area contributed by atoms with Crippen LogP contribution >= 0.6 is 0 Å². The number of unbranched alkanes of at least 4 members (excludes halogenated alkanes) is 2. The van der Waals surface area contributed by atoms with Gasteiger partial charge in [-0.25, -0.2) is 9.59 Å². The van der Waals surface area contributed by atoms with Crippen LogP contribution < -0.4 is 0 Å². The summed E-state index contributed by atoms with van der Waals surface area (Å²) in [6, 6.07) is 0. The van der Waals surface area contributed by atoms with Crippen molar-refractivity contribution in [2.75, 3.05) is 13.2 Å². The molecule has 0 aromatic carbocycles. The van der Waals surface area contributed by atoms with E-state index in [1.54, 1.807) is 0 Å². The predicted molar refractivity (Wildman–Crippen MR) is 77.1 cm³/mol. The van der Waals surface area contributed by atoms with Crippen LogP contribution in [0.25, 0.3) is 0 Å². The number of aliphatic hydroxyl groups is 2. The fourth-order valence-corrected chi connectivity index (χ4v) is 1.42. The van der Waals surface area contributed by atoms with E-state index in [-0.39, 0.29) is 0 Å². The molecule has 22 heavy (non-hydrogen) atoms. The van der Waals surface area contributed by atoms with E-state index in [4.69, 9.17) is 28.8 Å². The average molecular weight is 344 g/mol. The zero-order chi connectivity index (χ0) is 17.5. The summed E-state index contributed by atoms with van der Waals surface area (Å²) in [6.45, 7) is 5.17. The zero-order valence-electron chi connectivity index (χ0n) is 12.6. The maximum Gasteiger partial charge on any atom is 0.335 e. The molecule has 2 unspecified atom stereocenters. The Balaban J connectivity index is 0. The highest BCUT2D eigenvalue weighted by Crippen LogP contribution is 1.96. The number of hydrogen-bond acceptors (Lipinski definition) is 7. The first-order valence-electron chi connectivity index (χ1n) is 6.77. The van der Waals surface area contributed by atoms with Crippen molar-refractivity contribution in [1.82, 2.24) is 0 Å². The molecule has 0 spiro atoms. The molecule has 0 fully saturated rings. The molecule has 0 aliphatic heterocycles. The molecule has 0 amide bonds. The molecular weight excluding hydrogens is 320 g/mol. The standard InChI is InChI=1S/C8H18O3S.C4H6O6/c1-3-5-7-10-12(9)11-8-6-4-2;5-1(3(7)8)2(6)4(9)10/h3-8H2,1-2H3;1-2,5-6H,(H,7,8)(H,9,10). The first-order chi connectivity index (χ1) is 10.3. The molecule has 0 aromatic rings. The van der Waals surface area contributed by atoms with Crippen molar-refractivity contribution in [1.29, 1.82) is 0 Å². The van der Waals surface area contributed by atoms with E-state index >= 15 is 0 Å². The number of rotatable bonds is 11. The Morgan fingerprint density at radius 3 is 1.45 bits per heavy atom. The van der Waals surface area contributed by atoms with Gasteiger partial charge in [0.05, 0.1) is 13.2 Å². The maximum atomic E-state index is 10.9. The lowest BCUT2D eigenvalue weighted by molar-refractivity contribution is -0.165. The molecule has 132 valence electrons. The number of carboxylic acids is 2. The van der Waals surface area contributed by atoms with Crippen LogP contribution in [0.2, 0.25) is 0 Å². The van der Waals surface area contributed by atoms with Crippen molar-refractivity contribution < 1.29 is 42.6 Å². The molecule has 0 aromatic heterocycles. The largest absolute Gasteiger partial charge is 0.479 e. The van der Waals surface area contributed by atoms with Crippen LogP contribution in [0.1, 0.15) is 39.5 Å². The quantitative estimate of drug-likeness (QED) is 0.382. The third-order valence-electron chi connectivity index (χ3n) is 2.16. The monoisotopic (exact) mass is 344 g/mol. The van der Waals surface area contributed by atoms with Crippen molar-refractivity contribution in [3.05, 3.63) is 0 Å². The first kappa shape index (κ1) is 23.2. The minimum atomic E-state index is -2.27. The lowest BCUT2D eigenvalue weighted by atomic mass is 10.2. The number of hydrogen-bond donors (Lipinski definition) is 4. The Morgan fingerprint density at radius 2 is 1.23 bits per heavy atom. The van der Waals surface area contributed by atoms with Gasteiger partial charge in [0.25, 0.3) is 0 Å². The molecule has 0 saturated heterocycles. The number of carbonyl (C=O) groups is 2. The fraction of sp³-hybridized carbons (Fsp3) is 0.833. The van der Waals surface area contributed by atoms with E-state index in [1.165, 1.54) is 0 Å². The van der Waals surface area contributed by atoms with E-state index < -0.39 is 35.5 Å². The van der Waals surface area contributed by atoms with Crippen LogP contribution in [0.4, 0.5) is 0 Å². The Morgan fingerprint density at radius 1 is 0.909 bits per heavy atom. The molecule has 9 nitrogen and oxygen atoms in total. The lowest BCUT2D eigenvalue weighted by Gasteiger charge is -2.07. The summed E-state index contributed by atoms with van der Waals surface area (Å²) in [4.78, 5) is 19.5. The van der Waals surface area contributed by atoms with Gasteiger partial charge in [0, 0.05) is 0 Å². The van der Waals surface area contributed by atoms with Crippen LogP contribution in [-0.4, -0.2) is 62.0 Å². The maximum absolute atomic E-state index is 10.9. The minimum Gasteiger partial charge on any atom is -0.479 e. The Hall–Kier alpha value is -1.07. The summed E-state index contributed by atoms with van der Waals surface area (Å²) < 4.78 is 20.6. The van der Waals surface area contributed by atoms with E-state index in [2.05, 4.69) is 13.8 Å². The zero-order valence-corrected chi connectivity index (χ0v) is 13.5. The number of aliphatic carboxylic acids is 2. The molecule has 0 saturated carbocycles. The van der Waals surface area contributed by atoms with Crippen molar-refractivity contribution in [3.63, 3.8) is 0 Å². The molecule has 0 aliphatic rings. The second-order valence-electron chi connectivity index (χ2n) is 4.12. The molecule has 0 aliphatic carbocycles. The van der Waals surface area contributed by atoms with E-state index in [1.807, 2.05) is 0 Å². The van der Waals surface area contributed by atoms with Crippen molar-refractivity contribution in [3.8, 4) is 0 Å². The van der Waals surface area contributed by atoms with Crippen molar-refractivity contribution in [2.45, 2.75) is 51.7 Å². The Kier molecular flexibility index (Phi) is 15.7. The SMILES string of the molecule is CCCCOS(=O)OCCCC.O=C(O)C(O)C(O)C(=O)O. The third kappa shape index (κ3) is 13.9. The summed E-state index contributed by atoms with van der Waals surface area (Å²) in [5.74, 6) is -3.54. The van der Waals surface area contributed by atoms with Gasteiger partial charge in [0.2, 0.25) is 0 Å². The van der Waals surface area contributed by atoms with Crippen LogP contribution in [0.3, 0.4) is 0 Å². The summed E-state index contributed by atoms with van der Waals surface area (Å²) in [5.41, 5.74) is 0. The summed E-state index contributed by atoms with van der Waals surface area (Å²) in [7, 11) is 0. The highest BCUT2D eigenvalue weighted by atomic mass is 32.2. The Labute approximate surface area is 131 Å². The molecule has 4 N–H and O–H groups in total. The minimum absolute atomic E-state index is 0.523. The molecule has 2 atom stereocenters. The van der Waals surface area contributed by atoms with Gasteiger partial charge in [-0.2, -0.15) is 4.21 Å². The number of carboxylic acid groups (broad SMARTS) is 2. The number of aliphatic hydroxyl groups excluding tert-OH is 2. The summed E-state index contributed by atoms with van der Waals surface area (Å²) >= 11 is -1.52. The molecule has 0 radical (unpaired) electrons. The van der Waals surface area contributed by atoms with Gasteiger partial charge in [-0.15, -0.1) is 0 Å². The van der Waals surface area contributed by atoms with Gasteiger partial charge in [-0.1, -0.05) is 26.7 Å². The van der Waals surface area contributed by atoms with Crippen molar-refractivity contribution >= 4 is 23.3 Å². The van der Waals surface area contributed by atoms with Crippen LogP contribution in [0.5, 0.6) is 0 Å². The van der Waals surface area contributed by atoms with Gasteiger partial charge in [-0.05, 0) is 12.8 Å². The molecule has 0 rings (SSSR count).